The van der Waals surface area contributed by atoms with Crippen molar-refractivity contribution in [2.24, 2.45) is 0 Å². The summed E-state index contributed by atoms with van der Waals surface area (Å²) in [6, 6.07) is 4.59. The highest BCUT2D eigenvalue weighted by molar-refractivity contribution is 7.10. The van der Waals surface area contributed by atoms with Crippen LogP contribution in [0, 0.1) is 0 Å². The lowest BCUT2D eigenvalue weighted by Gasteiger charge is -2.28. The Labute approximate surface area is 138 Å². The van der Waals surface area contributed by atoms with Gasteiger partial charge in [-0.05, 0) is 58.7 Å². The Morgan fingerprint density at radius 3 is 3.18 bits per heavy atom. The minimum absolute atomic E-state index is 0.0417. The van der Waals surface area contributed by atoms with Gasteiger partial charge in [0.15, 0.2) is 0 Å². The van der Waals surface area contributed by atoms with Crippen molar-refractivity contribution in [2.45, 2.75) is 37.8 Å². The lowest BCUT2D eigenvalue weighted by atomic mass is 10.0. The van der Waals surface area contributed by atoms with E-state index < -0.39 is 0 Å². The quantitative estimate of drug-likeness (QED) is 0.843. The third-order valence-electron chi connectivity index (χ3n) is 4.62. The Morgan fingerprint density at radius 2 is 2.32 bits per heavy atom. The summed E-state index contributed by atoms with van der Waals surface area (Å²) in [4.78, 5) is 16.1. The molecule has 2 aromatic heterocycles. The molecule has 0 saturated carbocycles. The summed E-state index contributed by atoms with van der Waals surface area (Å²) in [5, 5.41) is 6.38. The second-order valence-electron chi connectivity index (χ2n) is 5.93. The third kappa shape index (κ3) is 2.62. The fourth-order valence-electron chi connectivity index (χ4n) is 3.53. The number of ether oxygens (including phenoxy) is 1. The highest BCUT2D eigenvalue weighted by Crippen LogP contribution is 2.37. The molecule has 1 saturated heterocycles. The van der Waals surface area contributed by atoms with Crippen molar-refractivity contribution < 1.29 is 9.53 Å². The first kappa shape index (κ1) is 14.4. The van der Waals surface area contributed by atoms with Crippen LogP contribution < -0.4 is 0 Å². The van der Waals surface area contributed by atoms with Gasteiger partial charge in [-0.15, -0.1) is 11.3 Å². The van der Waals surface area contributed by atoms with E-state index in [1.54, 1.807) is 22.7 Å². The van der Waals surface area contributed by atoms with Gasteiger partial charge >= 0.3 is 0 Å². The minimum atomic E-state index is -0.0417. The van der Waals surface area contributed by atoms with Gasteiger partial charge in [0, 0.05) is 11.4 Å². The topological polar surface area (TPSA) is 29.5 Å². The number of thiophene rings is 2. The van der Waals surface area contributed by atoms with E-state index in [0.29, 0.717) is 6.42 Å². The van der Waals surface area contributed by atoms with Crippen molar-refractivity contribution in [3.8, 4) is 0 Å². The lowest BCUT2D eigenvalue weighted by Crippen LogP contribution is -2.32. The molecule has 0 radical (unpaired) electrons. The molecule has 0 N–H and O–H groups in total. The zero-order chi connectivity index (χ0) is 14.9. The summed E-state index contributed by atoms with van der Waals surface area (Å²) in [6.45, 7) is 1.61. The van der Waals surface area contributed by atoms with Crippen LogP contribution >= 0.6 is 22.7 Å². The van der Waals surface area contributed by atoms with Crippen molar-refractivity contribution in [2.75, 3.05) is 13.2 Å². The summed E-state index contributed by atoms with van der Waals surface area (Å²) in [5.41, 5.74) is 2.65. The molecule has 22 heavy (non-hydrogen) atoms. The molecule has 116 valence electrons. The van der Waals surface area contributed by atoms with Crippen molar-refractivity contribution >= 4 is 28.6 Å². The smallest absolute Gasteiger partial charge is 0.226 e. The first-order chi connectivity index (χ1) is 10.8. The summed E-state index contributed by atoms with van der Waals surface area (Å²) in [7, 11) is 0. The van der Waals surface area contributed by atoms with Crippen molar-refractivity contribution in [3.05, 3.63) is 44.3 Å². The summed E-state index contributed by atoms with van der Waals surface area (Å²) < 4.78 is 5.88. The fraction of sp³-hybridized carbons (Fsp3) is 0.471. The number of amides is 1. The maximum absolute atomic E-state index is 12.8. The van der Waals surface area contributed by atoms with Gasteiger partial charge in [-0.3, -0.25) is 4.79 Å². The predicted molar refractivity (Wildman–Crippen MR) is 89.3 cm³/mol. The fourth-order valence-corrected chi connectivity index (χ4v) is 5.24. The van der Waals surface area contributed by atoms with Gasteiger partial charge in [0.2, 0.25) is 5.91 Å². The Hall–Kier alpha value is -1.17. The van der Waals surface area contributed by atoms with Gasteiger partial charge < -0.3 is 9.64 Å². The number of likely N-dealkylation sites (tertiary alicyclic amines) is 1. The molecule has 3 nitrogen and oxygen atoms in total. The van der Waals surface area contributed by atoms with Crippen LogP contribution in [-0.2, 0) is 16.0 Å². The number of hydrogen-bond donors (Lipinski definition) is 0. The molecule has 1 amide bonds. The third-order valence-corrected chi connectivity index (χ3v) is 6.38. The Kier molecular flexibility index (Phi) is 4.03. The predicted octanol–water partition coefficient (Wildman–Crippen LogP) is 4.18. The zero-order valence-corrected chi connectivity index (χ0v) is 14.0. The number of carbonyl (C=O) groups is 1. The maximum Gasteiger partial charge on any atom is 0.226 e. The van der Waals surface area contributed by atoms with Gasteiger partial charge in [-0.2, -0.15) is 11.3 Å². The van der Waals surface area contributed by atoms with E-state index in [1.807, 2.05) is 0 Å². The molecule has 5 heteroatoms. The number of carbonyl (C=O) groups excluding carboxylic acids is 1. The monoisotopic (exact) mass is 333 g/mol. The summed E-state index contributed by atoms with van der Waals surface area (Å²) in [5.74, 6) is 0.236. The molecule has 0 unspecified atom stereocenters. The van der Waals surface area contributed by atoms with Crippen LogP contribution in [0.4, 0.5) is 0 Å². The Bertz CT molecular complexity index is 649. The molecule has 2 aliphatic rings. The second kappa shape index (κ2) is 6.14. The van der Waals surface area contributed by atoms with Crippen molar-refractivity contribution in [3.63, 3.8) is 0 Å². The van der Waals surface area contributed by atoms with Gasteiger partial charge in [0.05, 0.1) is 19.1 Å². The molecule has 2 aromatic rings. The average molecular weight is 333 g/mol. The standard InChI is InChI=1S/C17H19NO2S2/c19-16(10-15-17-12(3-7-20-15)5-9-22-17)18-6-1-2-14(18)13-4-8-21-11-13/h4-5,8-9,11,14-15H,1-3,6-7,10H2/t14-,15-/m1/s1. The molecule has 4 rings (SSSR count). The molecule has 0 aliphatic carbocycles. The van der Waals surface area contributed by atoms with Crippen LogP contribution in [0.1, 0.15) is 47.4 Å². The van der Waals surface area contributed by atoms with Crippen LogP contribution in [0.15, 0.2) is 28.3 Å². The first-order valence-corrected chi connectivity index (χ1v) is 9.64. The molecule has 0 spiro atoms. The average Bonchev–Trinajstić information content (AvgIpc) is 3.27. The van der Waals surface area contributed by atoms with Gasteiger partial charge in [-0.1, -0.05) is 0 Å². The van der Waals surface area contributed by atoms with E-state index in [9.17, 15) is 4.79 Å². The molecule has 4 heterocycles. The molecule has 0 aromatic carbocycles. The van der Waals surface area contributed by atoms with Crippen LogP contribution in [0.3, 0.4) is 0 Å². The molecule has 2 atom stereocenters. The number of hydrogen-bond acceptors (Lipinski definition) is 4. The Balaban J connectivity index is 1.49. The minimum Gasteiger partial charge on any atom is -0.372 e. The van der Waals surface area contributed by atoms with Crippen molar-refractivity contribution in [1.82, 2.24) is 4.90 Å². The molecule has 0 bridgehead atoms. The largest absolute Gasteiger partial charge is 0.372 e. The number of nitrogens with zero attached hydrogens (tertiary/aromatic N) is 1. The van der Waals surface area contributed by atoms with E-state index in [-0.39, 0.29) is 18.1 Å². The van der Waals surface area contributed by atoms with Crippen LogP contribution in [0.25, 0.3) is 0 Å². The highest BCUT2D eigenvalue weighted by atomic mass is 32.1. The molecular formula is C17H19NO2S2. The number of rotatable bonds is 3. The van der Waals surface area contributed by atoms with Gasteiger partial charge in [-0.25, -0.2) is 0 Å². The van der Waals surface area contributed by atoms with E-state index in [2.05, 4.69) is 33.2 Å². The van der Waals surface area contributed by atoms with Gasteiger partial charge in [0.1, 0.15) is 6.10 Å². The zero-order valence-electron chi connectivity index (χ0n) is 12.4. The first-order valence-electron chi connectivity index (χ1n) is 7.82. The van der Waals surface area contributed by atoms with Crippen LogP contribution in [0.2, 0.25) is 0 Å². The second-order valence-corrected chi connectivity index (χ2v) is 7.65. The van der Waals surface area contributed by atoms with E-state index >= 15 is 0 Å². The summed E-state index contributed by atoms with van der Waals surface area (Å²) in [6.07, 6.45) is 3.60. The summed E-state index contributed by atoms with van der Waals surface area (Å²) >= 11 is 3.43. The van der Waals surface area contributed by atoms with Crippen molar-refractivity contribution in [1.29, 1.82) is 0 Å². The molecular weight excluding hydrogens is 314 g/mol. The van der Waals surface area contributed by atoms with E-state index in [1.165, 1.54) is 16.0 Å². The highest BCUT2D eigenvalue weighted by Gasteiger charge is 2.33. The maximum atomic E-state index is 12.8. The lowest BCUT2D eigenvalue weighted by molar-refractivity contribution is -0.135. The molecule has 1 fully saturated rings. The Morgan fingerprint density at radius 1 is 1.36 bits per heavy atom. The van der Waals surface area contributed by atoms with E-state index in [0.717, 1.165) is 32.4 Å². The van der Waals surface area contributed by atoms with Crippen LogP contribution in [-0.4, -0.2) is 24.0 Å². The SMILES string of the molecule is O=C(C[C@H]1OCCc2ccsc21)N1CCC[C@@H]1c1ccsc1. The van der Waals surface area contributed by atoms with Gasteiger partial charge in [0.25, 0.3) is 0 Å². The normalized spacial score (nSPS) is 24.5. The van der Waals surface area contributed by atoms with Crippen LogP contribution in [0.5, 0.6) is 0 Å². The molecule has 2 aliphatic heterocycles. The van der Waals surface area contributed by atoms with E-state index in [4.69, 9.17) is 4.74 Å². The number of fused-ring (bicyclic) bond motifs is 1.